The summed E-state index contributed by atoms with van der Waals surface area (Å²) in [6.45, 7) is 4.42. The van der Waals surface area contributed by atoms with Gasteiger partial charge in [-0.05, 0) is 80.4 Å². The van der Waals surface area contributed by atoms with Crippen molar-refractivity contribution in [2.24, 2.45) is 5.92 Å². The molecule has 1 aliphatic heterocycles. The van der Waals surface area contributed by atoms with Crippen LogP contribution in [0, 0.1) is 5.92 Å². The topological polar surface area (TPSA) is 32.3 Å². The van der Waals surface area contributed by atoms with Crippen LogP contribution in [0.2, 0.25) is 0 Å². The molecule has 1 heterocycles. The van der Waals surface area contributed by atoms with Gasteiger partial charge in [0.2, 0.25) is 5.91 Å². The molecule has 1 saturated heterocycles. The van der Waals surface area contributed by atoms with E-state index in [1.165, 1.54) is 29.2 Å². The van der Waals surface area contributed by atoms with Gasteiger partial charge in [-0.3, -0.25) is 4.79 Å². The quantitative estimate of drug-likeness (QED) is 0.821. The molecule has 1 atom stereocenters. The smallest absolute Gasteiger partial charge is 0.223 e. The van der Waals surface area contributed by atoms with Crippen LogP contribution in [0.15, 0.2) is 42.5 Å². The van der Waals surface area contributed by atoms with Crippen LogP contribution >= 0.6 is 0 Å². The Morgan fingerprint density at radius 1 is 1.08 bits per heavy atom. The van der Waals surface area contributed by atoms with Gasteiger partial charge >= 0.3 is 0 Å². The first kappa shape index (κ1) is 17.5. The summed E-state index contributed by atoms with van der Waals surface area (Å²) in [5.74, 6) is 1.07. The number of nitrogens with one attached hydrogen (secondary N) is 1. The normalized spacial score (nSPS) is 19.4. The molecule has 0 aromatic heterocycles. The van der Waals surface area contributed by atoms with Crippen LogP contribution in [-0.4, -0.2) is 29.9 Å². The summed E-state index contributed by atoms with van der Waals surface area (Å²) in [5, 5.41) is 5.93. The van der Waals surface area contributed by atoms with Gasteiger partial charge in [0, 0.05) is 12.5 Å². The lowest BCUT2D eigenvalue weighted by atomic mass is 9.92. The average Bonchev–Trinajstić information content (AvgIpc) is 3.52. The molecule has 3 nitrogen and oxygen atoms in total. The Hall–Kier alpha value is -1.87. The molecular formula is C23H30N2O. The Bertz CT molecular complexity index is 762. The minimum absolute atomic E-state index is 0.160. The van der Waals surface area contributed by atoms with Crippen LogP contribution in [0.25, 0.3) is 10.8 Å². The van der Waals surface area contributed by atoms with Crippen molar-refractivity contribution in [1.82, 2.24) is 10.2 Å². The molecule has 0 spiro atoms. The number of hydrogen-bond donors (Lipinski definition) is 1. The molecule has 0 radical (unpaired) electrons. The highest BCUT2D eigenvalue weighted by Gasteiger charge is 2.36. The molecule has 2 aromatic carbocycles. The Morgan fingerprint density at radius 3 is 2.54 bits per heavy atom. The molecule has 0 bridgehead atoms. The predicted octanol–water partition coefficient (Wildman–Crippen LogP) is 4.67. The first-order valence-electron chi connectivity index (χ1n) is 10.2. The molecule has 1 unspecified atom stereocenters. The van der Waals surface area contributed by atoms with E-state index in [-0.39, 0.29) is 6.04 Å². The molecule has 1 amide bonds. The second kappa shape index (κ2) is 7.79. The van der Waals surface area contributed by atoms with Crippen molar-refractivity contribution in [1.29, 1.82) is 0 Å². The molecular weight excluding hydrogens is 320 g/mol. The lowest BCUT2D eigenvalue weighted by Gasteiger charge is -2.31. The average molecular weight is 351 g/mol. The molecule has 1 aliphatic carbocycles. The van der Waals surface area contributed by atoms with Gasteiger partial charge in [0.25, 0.3) is 0 Å². The Kier molecular flexibility index (Phi) is 5.26. The zero-order chi connectivity index (χ0) is 17.9. The zero-order valence-electron chi connectivity index (χ0n) is 15.8. The van der Waals surface area contributed by atoms with E-state index in [0.717, 1.165) is 38.3 Å². The van der Waals surface area contributed by atoms with Crippen molar-refractivity contribution in [3.05, 3.63) is 48.0 Å². The van der Waals surface area contributed by atoms with Crippen molar-refractivity contribution >= 4 is 16.7 Å². The number of benzene rings is 2. The fourth-order valence-electron chi connectivity index (χ4n) is 4.34. The highest BCUT2D eigenvalue weighted by Crippen LogP contribution is 2.36. The van der Waals surface area contributed by atoms with E-state index in [4.69, 9.17) is 0 Å². The van der Waals surface area contributed by atoms with Gasteiger partial charge < -0.3 is 10.2 Å². The van der Waals surface area contributed by atoms with Crippen LogP contribution < -0.4 is 5.32 Å². The van der Waals surface area contributed by atoms with E-state index >= 15 is 0 Å². The minimum atomic E-state index is 0.160. The van der Waals surface area contributed by atoms with Crippen LogP contribution in [0.5, 0.6) is 0 Å². The lowest BCUT2D eigenvalue weighted by molar-refractivity contribution is -0.134. The number of rotatable bonds is 6. The molecule has 26 heavy (non-hydrogen) atoms. The summed E-state index contributed by atoms with van der Waals surface area (Å²) in [6, 6.07) is 15.7. The third-order valence-electron chi connectivity index (χ3n) is 6.13. The van der Waals surface area contributed by atoms with Crippen LogP contribution in [0.3, 0.4) is 0 Å². The maximum absolute atomic E-state index is 13.1. The highest BCUT2D eigenvalue weighted by atomic mass is 16.2. The number of nitrogens with zero attached hydrogens (tertiary/aromatic N) is 1. The maximum Gasteiger partial charge on any atom is 0.223 e. The SMILES string of the molecule is CC(c1ccc2ccccc2c1)N(C(=O)CCC1CCNCC1)C1CC1. The second-order valence-corrected chi connectivity index (χ2v) is 8.05. The van der Waals surface area contributed by atoms with Gasteiger partial charge in [0.05, 0.1) is 6.04 Å². The molecule has 3 heteroatoms. The van der Waals surface area contributed by atoms with Gasteiger partial charge in [-0.2, -0.15) is 0 Å². The van der Waals surface area contributed by atoms with E-state index in [1.54, 1.807) is 0 Å². The monoisotopic (exact) mass is 350 g/mol. The Morgan fingerprint density at radius 2 is 1.81 bits per heavy atom. The number of piperidine rings is 1. The van der Waals surface area contributed by atoms with Crippen LogP contribution in [0.4, 0.5) is 0 Å². The van der Waals surface area contributed by atoms with E-state index < -0.39 is 0 Å². The van der Waals surface area contributed by atoms with Gasteiger partial charge in [0.15, 0.2) is 0 Å². The van der Waals surface area contributed by atoms with Gasteiger partial charge in [-0.15, -0.1) is 0 Å². The molecule has 1 saturated carbocycles. The molecule has 138 valence electrons. The third kappa shape index (κ3) is 3.93. The number of amides is 1. The van der Waals surface area contributed by atoms with Crippen molar-refractivity contribution in [3.8, 4) is 0 Å². The number of carbonyl (C=O) groups is 1. The lowest BCUT2D eigenvalue weighted by Crippen LogP contribution is -2.36. The maximum atomic E-state index is 13.1. The summed E-state index contributed by atoms with van der Waals surface area (Å²) >= 11 is 0. The fraction of sp³-hybridized carbons (Fsp3) is 0.522. The molecule has 2 fully saturated rings. The van der Waals surface area contributed by atoms with E-state index in [1.807, 2.05) is 0 Å². The first-order chi connectivity index (χ1) is 12.7. The van der Waals surface area contributed by atoms with Crippen molar-refractivity contribution in [2.45, 2.75) is 57.5 Å². The summed E-state index contributed by atoms with van der Waals surface area (Å²) in [4.78, 5) is 15.2. The van der Waals surface area contributed by atoms with E-state index in [2.05, 4.69) is 59.6 Å². The summed E-state index contributed by atoms with van der Waals surface area (Å²) in [7, 11) is 0. The fourth-order valence-corrected chi connectivity index (χ4v) is 4.34. The second-order valence-electron chi connectivity index (χ2n) is 8.05. The van der Waals surface area contributed by atoms with E-state index in [0.29, 0.717) is 18.4 Å². The summed E-state index contributed by atoms with van der Waals surface area (Å²) in [5.41, 5.74) is 1.26. The summed E-state index contributed by atoms with van der Waals surface area (Å²) < 4.78 is 0. The zero-order valence-corrected chi connectivity index (χ0v) is 15.8. The van der Waals surface area contributed by atoms with Crippen molar-refractivity contribution in [2.75, 3.05) is 13.1 Å². The van der Waals surface area contributed by atoms with E-state index in [9.17, 15) is 4.79 Å². The molecule has 1 N–H and O–H groups in total. The number of hydrogen-bond acceptors (Lipinski definition) is 2. The van der Waals surface area contributed by atoms with Crippen LogP contribution in [-0.2, 0) is 4.79 Å². The first-order valence-corrected chi connectivity index (χ1v) is 10.2. The largest absolute Gasteiger partial charge is 0.333 e. The number of fused-ring (bicyclic) bond motifs is 1. The van der Waals surface area contributed by atoms with Crippen LogP contribution in [0.1, 0.15) is 57.1 Å². The molecule has 2 aromatic rings. The standard InChI is InChI=1S/C23H30N2O/c1-17(20-8-7-19-4-2-3-5-21(19)16-20)25(22-9-10-22)23(26)11-6-18-12-14-24-15-13-18/h2-5,7-8,16-18,22,24H,6,9-15H2,1H3. The van der Waals surface area contributed by atoms with Gasteiger partial charge in [-0.25, -0.2) is 0 Å². The van der Waals surface area contributed by atoms with Crippen molar-refractivity contribution < 1.29 is 4.79 Å². The Labute approximate surface area is 156 Å². The third-order valence-corrected chi connectivity index (χ3v) is 6.13. The summed E-state index contributed by atoms with van der Waals surface area (Å²) in [6.07, 6.45) is 6.52. The van der Waals surface area contributed by atoms with Gasteiger partial charge in [-0.1, -0.05) is 36.4 Å². The number of carbonyl (C=O) groups excluding carboxylic acids is 1. The highest BCUT2D eigenvalue weighted by molar-refractivity contribution is 5.83. The molecule has 2 aliphatic rings. The molecule has 4 rings (SSSR count). The Balaban J connectivity index is 1.46. The van der Waals surface area contributed by atoms with Crippen molar-refractivity contribution in [3.63, 3.8) is 0 Å². The van der Waals surface area contributed by atoms with Gasteiger partial charge in [0.1, 0.15) is 0 Å². The predicted molar refractivity (Wildman–Crippen MR) is 107 cm³/mol. The minimum Gasteiger partial charge on any atom is -0.333 e.